The van der Waals surface area contributed by atoms with Crippen LogP contribution in [-0.2, 0) is 14.9 Å². The molecule has 9 nitrogen and oxygen atoms in total. The average Bonchev–Trinajstić information content (AvgIpc) is 3.42. The number of nitrogens with zero attached hydrogens (tertiary/aromatic N) is 4. The lowest BCUT2D eigenvalue weighted by molar-refractivity contribution is 0.0557. The summed E-state index contributed by atoms with van der Waals surface area (Å²) in [5.74, 6) is 2.08. The molecule has 1 unspecified atom stereocenters. The molecule has 2 aliphatic heterocycles. The summed E-state index contributed by atoms with van der Waals surface area (Å²) < 4.78 is 21.5. The maximum absolute atomic E-state index is 13.0. The zero-order chi connectivity index (χ0) is 20.3. The summed E-state index contributed by atoms with van der Waals surface area (Å²) in [6.45, 7) is 4.96. The predicted molar refractivity (Wildman–Crippen MR) is 102 cm³/mol. The van der Waals surface area contributed by atoms with E-state index in [-0.39, 0.29) is 11.8 Å². The Labute approximate surface area is 169 Å². The van der Waals surface area contributed by atoms with Gasteiger partial charge in [0.25, 0.3) is 5.91 Å². The van der Waals surface area contributed by atoms with Crippen LogP contribution in [0, 0.1) is 6.92 Å². The van der Waals surface area contributed by atoms with Crippen LogP contribution in [0.3, 0.4) is 0 Å². The molecule has 2 saturated heterocycles. The van der Waals surface area contributed by atoms with Crippen LogP contribution < -0.4 is 0 Å². The Balaban J connectivity index is 1.57. The van der Waals surface area contributed by atoms with Gasteiger partial charge in [0.15, 0.2) is 11.5 Å². The van der Waals surface area contributed by atoms with Gasteiger partial charge >= 0.3 is 0 Å². The van der Waals surface area contributed by atoms with Crippen molar-refractivity contribution < 1.29 is 23.3 Å². The number of rotatable bonds is 6. The molecule has 0 spiro atoms. The van der Waals surface area contributed by atoms with E-state index < -0.39 is 5.41 Å². The molecule has 0 bridgehead atoms. The van der Waals surface area contributed by atoms with Gasteiger partial charge in [-0.25, -0.2) is 0 Å². The molecule has 4 rings (SSSR count). The van der Waals surface area contributed by atoms with Gasteiger partial charge in [-0.3, -0.25) is 4.79 Å². The van der Waals surface area contributed by atoms with E-state index in [1.54, 1.807) is 20.1 Å². The normalized spacial score (nSPS) is 23.4. The number of hydrogen-bond donors (Lipinski definition) is 0. The van der Waals surface area contributed by atoms with E-state index in [4.69, 9.17) is 23.5 Å². The third-order valence-corrected chi connectivity index (χ3v) is 5.98. The fraction of sp³-hybridized carbons (Fsp3) is 0.700. The van der Waals surface area contributed by atoms with Gasteiger partial charge in [0.05, 0.1) is 5.41 Å². The van der Waals surface area contributed by atoms with Crippen LogP contribution in [0.2, 0.25) is 0 Å². The maximum atomic E-state index is 13.0. The lowest BCUT2D eigenvalue weighted by Gasteiger charge is -2.40. The molecule has 2 fully saturated rings. The molecule has 0 aliphatic carbocycles. The van der Waals surface area contributed by atoms with Crippen LogP contribution >= 0.6 is 0 Å². The van der Waals surface area contributed by atoms with E-state index >= 15 is 0 Å². The van der Waals surface area contributed by atoms with Gasteiger partial charge in [0, 0.05) is 52.0 Å². The highest BCUT2D eigenvalue weighted by atomic mass is 16.5. The molecular weight excluding hydrogens is 376 g/mol. The molecule has 0 N–H and O–H groups in total. The highest BCUT2D eigenvalue weighted by Crippen LogP contribution is 2.37. The monoisotopic (exact) mass is 404 g/mol. The number of aryl methyl sites for hydroxylation is 1. The van der Waals surface area contributed by atoms with E-state index in [9.17, 15) is 4.79 Å². The van der Waals surface area contributed by atoms with Crippen molar-refractivity contribution >= 4 is 5.91 Å². The fourth-order valence-electron chi connectivity index (χ4n) is 4.29. The molecule has 1 atom stereocenters. The molecule has 4 heterocycles. The van der Waals surface area contributed by atoms with Crippen molar-refractivity contribution in [2.75, 3.05) is 40.0 Å². The second-order valence-electron chi connectivity index (χ2n) is 8.02. The van der Waals surface area contributed by atoms with Crippen molar-refractivity contribution in [1.82, 2.24) is 20.2 Å². The highest BCUT2D eigenvalue weighted by molar-refractivity contribution is 5.92. The van der Waals surface area contributed by atoms with E-state index in [1.807, 2.05) is 4.90 Å². The first-order valence-electron chi connectivity index (χ1n) is 10.2. The zero-order valence-corrected chi connectivity index (χ0v) is 17.1. The lowest BCUT2D eigenvalue weighted by atomic mass is 9.76. The molecule has 0 saturated carbocycles. The highest BCUT2D eigenvalue weighted by Gasteiger charge is 2.43. The Kier molecular flexibility index (Phi) is 5.96. The van der Waals surface area contributed by atoms with Crippen molar-refractivity contribution in [3.05, 3.63) is 29.2 Å². The Morgan fingerprint density at radius 1 is 1.31 bits per heavy atom. The van der Waals surface area contributed by atoms with Crippen LogP contribution in [0.1, 0.15) is 66.0 Å². The SMILES string of the molecule is COCCC1(c2noc(C3CCOCC3)n2)CCCN(C(=O)c2cc(C)on2)C1. The van der Waals surface area contributed by atoms with Crippen molar-refractivity contribution in [2.45, 2.75) is 50.4 Å². The molecule has 9 heteroatoms. The number of amides is 1. The van der Waals surface area contributed by atoms with Gasteiger partial charge in [-0.05, 0) is 39.0 Å². The molecule has 1 amide bonds. The second-order valence-corrected chi connectivity index (χ2v) is 8.02. The largest absolute Gasteiger partial charge is 0.385 e. The van der Waals surface area contributed by atoms with Crippen LogP contribution in [0.5, 0.6) is 0 Å². The molecule has 2 aliphatic rings. The van der Waals surface area contributed by atoms with Crippen molar-refractivity contribution in [3.63, 3.8) is 0 Å². The molecule has 29 heavy (non-hydrogen) atoms. The smallest absolute Gasteiger partial charge is 0.276 e. The first-order valence-corrected chi connectivity index (χ1v) is 10.2. The zero-order valence-electron chi connectivity index (χ0n) is 17.1. The predicted octanol–water partition coefficient (Wildman–Crippen LogP) is 2.47. The quantitative estimate of drug-likeness (QED) is 0.723. The minimum absolute atomic E-state index is 0.128. The number of carbonyl (C=O) groups is 1. The number of carbonyl (C=O) groups excluding carboxylic acids is 1. The van der Waals surface area contributed by atoms with Crippen LogP contribution in [0.25, 0.3) is 0 Å². The van der Waals surface area contributed by atoms with Crippen LogP contribution in [-0.4, -0.2) is 66.1 Å². The number of aromatic nitrogens is 3. The van der Waals surface area contributed by atoms with Gasteiger partial charge in [-0.15, -0.1) is 0 Å². The average molecular weight is 404 g/mol. The van der Waals surface area contributed by atoms with E-state index in [0.717, 1.165) is 45.3 Å². The first kappa shape index (κ1) is 20.0. The number of hydrogen-bond acceptors (Lipinski definition) is 8. The number of piperidine rings is 1. The van der Waals surface area contributed by atoms with Crippen molar-refractivity contribution in [1.29, 1.82) is 0 Å². The maximum Gasteiger partial charge on any atom is 0.276 e. The minimum Gasteiger partial charge on any atom is -0.385 e. The summed E-state index contributed by atoms with van der Waals surface area (Å²) >= 11 is 0. The minimum atomic E-state index is -0.393. The Hall–Kier alpha value is -2.26. The first-order chi connectivity index (χ1) is 14.1. The van der Waals surface area contributed by atoms with Crippen molar-refractivity contribution in [3.8, 4) is 0 Å². The van der Waals surface area contributed by atoms with Crippen LogP contribution in [0.15, 0.2) is 15.1 Å². The topological polar surface area (TPSA) is 104 Å². The van der Waals surface area contributed by atoms with Crippen molar-refractivity contribution in [2.24, 2.45) is 0 Å². The van der Waals surface area contributed by atoms with E-state index in [0.29, 0.717) is 42.9 Å². The third-order valence-electron chi connectivity index (χ3n) is 5.98. The summed E-state index contributed by atoms with van der Waals surface area (Å²) in [6, 6.07) is 1.67. The number of methoxy groups -OCH3 is 1. The van der Waals surface area contributed by atoms with Gasteiger partial charge in [0.2, 0.25) is 5.89 Å². The molecule has 0 aromatic carbocycles. The summed E-state index contributed by atoms with van der Waals surface area (Å²) in [7, 11) is 1.68. The standard InChI is InChI=1S/C20H28N4O5/c1-14-12-16(22-28-14)18(25)24-8-3-6-20(13-24,7-11-26-2)19-21-17(29-23-19)15-4-9-27-10-5-15/h12,15H,3-11,13H2,1-2H3. The number of likely N-dealkylation sites (tertiary alicyclic amines) is 1. The molecule has 2 aromatic rings. The third kappa shape index (κ3) is 4.20. The summed E-state index contributed by atoms with van der Waals surface area (Å²) in [5.41, 5.74) is -0.0589. The number of ether oxygens (including phenoxy) is 2. The Bertz CT molecular complexity index is 828. The van der Waals surface area contributed by atoms with E-state index in [2.05, 4.69) is 10.3 Å². The fourth-order valence-corrected chi connectivity index (χ4v) is 4.29. The summed E-state index contributed by atoms with van der Waals surface area (Å²) in [4.78, 5) is 19.6. The van der Waals surface area contributed by atoms with Gasteiger partial charge in [-0.2, -0.15) is 4.98 Å². The second kappa shape index (κ2) is 8.62. The lowest BCUT2D eigenvalue weighted by Crippen LogP contribution is -2.49. The molecule has 0 radical (unpaired) electrons. The Morgan fingerprint density at radius 2 is 2.14 bits per heavy atom. The van der Waals surface area contributed by atoms with E-state index in [1.165, 1.54) is 0 Å². The molecule has 158 valence electrons. The summed E-state index contributed by atoms with van der Waals surface area (Å²) in [5, 5.41) is 8.24. The van der Waals surface area contributed by atoms with Gasteiger partial charge in [0.1, 0.15) is 5.76 Å². The Morgan fingerprint density at radius 3 is 2.86 bits per heavy atom. The van der Waals surface area contributed by atoms with Crippen LogP contribution in [0.4, 0.5) is 0 Å². The molecular formula is C20H28N4O5. The van der Waals surface area contributed by atoms with Gasteiger partial charge in [-0.1, -0.05) is 10.3 Å². The molecule has 2 aromatic heterocycles. The van der Waals surface area contributed by atoms with Gasteiger partial charge < -0.3 is 23.4 Å². The summed E-state index contributed by atoms with van der Waals surface area (Å²) in [6.07, 6.45) is 4.24.